The number of hydrogen-bond donors (Lipinski definition) is 2. The Kier molecular flexibility index (Phi) is 7.38. The topological polar surface area (TPSA) is 41.1 Å². The molecule has 2 aromatic carbocycles. The first-order valence-electron chi connectivity index (χ1n) is 9.72. The second-order valence-corrected chi connectivity index (χ2v) is 8.54. The van der Waals surface area contributed by atoms with Crippen molar-refractivity contribution in [2.75, 3.05) is 13.1 Å². The van der Waals surface area contributed by atoms with E-state index in [4.69, 9.17) is 11.6 Å². The average molecular weight is 421 g/mol. The molecular formula is C22H26ClFN2OS. The van der Waals surface area contributed by atoms with Gasteiger partial charge in [0, 0.05) is 16.7 Å². The SMILES string of the molecule is CC[C@@H](C)NC(=O)c1ccc(CSc2c(Cl)ccc3c2CCNCC3)cc1F. The highest BCUT2D eigenvalue weighted by atomic mass is 35.5. The monoisotopic (exact) mass is 420 g/mol. The first kappa shape index (κ1) is 21.2. The lowest BCUT2D eigenvalue weighted by Crippen LogP contribution is -2.32. The highest BCUT2D eigenvalue weighted by Gasteiger charge is 2.17. The minimum Gasteiger partial charge on any atom is -0.350 e. The lowest BCUT2D eigenvalue weighted by molar-refractivity contribution is 0.0935. The summed E-state index contributed by atoms with van der Waals surface area (Å²) in [6.45, 7) is 5.80. The van der Waals surface area contributed by atoms with E-state index in [1.807, 2.05) is 26.0 Å². The first-order valence-corrected chi connectivity index (χ1v) is 11.1. The van der Waals surface area contributed by atoms with Gasteiger partial charge in [-0.25, -0.2) is 4.39 Å². The van der Waals surface area contributed by atoms with E-state index in [0.29, 0.717) is 5.75 Å². The number of carbonyl (C=O) groups excluding carboxylic acids is 1. The van der Waals surface area contributed by atoms with Crippen LogP contribution >= 0.6 is 23.4 Å². The standard InChI is InChI=1S/C22H26ClFN2OS/c1-3-14(2)26-22(27)18-6-4-15(12-20(18)24)13-28-21-17-9-11-25-10-8-16(17)5-7-19(21)23/h4-7,12,14,25H,3,8-11,13H2,1-2H3,(H,26,27)/t14-/m1/s1. The van der Waals surface area contributed by atoms with Gasteiger partial charge in [-0.05, 0) is 74.2 Å². The van der Waals surface area contributed by atoms with Gasteiger partial charge in [0.25, 0.3) is 5.91 Å². The maximum Gasteiger partial charge on any atom is 0.254 e. The van der Waals surface area contributed by atoms with E-state index in [1.54, 1.807) is 17.8 Å². The van der Waals surface area contributed by atoms with Crippen molar-refractivity contribution in [1.82, 2.24) is 10.6 Å². The van der Waals surface area contributed by atoms with Crippen molar-refractivity contribution in [3.63, 3.8) is 0 Å². The number of amides is 1. The summed E-state index contributed by atoms with van der Waals surface area (Å²) in [6, 6.07) is 8.93. The molecule has 0 aromatic heterocycles. The van der Waals surface area contributed by atoms with Crippen molar-refractivity contribution >= 4 is 29.3 Å². The van der Waals surface area contributed by atoms with Crippen LogP contribution in [0.3, 0.4) is 0 Å². The molecule has 0 spiro atoms. The Morgan fingerprint density at radius 2 is 2.07 bits per heavy atom. The van der Waals surface area contributed by atoms with Crippen LogP contribution in [0.1, 0.15) is 47.3 Å². The molecule has 0 aliphatic carbocycles. The van der Waals surface area contributed by atoms with Crippen molar-refractivity contribution < 1.29 is 9.18 Å². The number of fused-ring (bicyclic) bond motifs is 1. The third-order valence-corrected chi connectivity index (χ3v) is 6.74. The summed E-state index contributed by atoms with van der Waals surface area (Å²) < 4.78 is 14.5. The fourth-order valence-electron chi connectivity index (χ4n) is 3.26. The molecule has 1 aliphatic heterocycles. The minimum absolute atomic E-state index is 0.0205. The summed E-state index contributed by atoms with van der Waals surface area (Å²) in [7, 11) is 0. The van der Waals surface area contributed by atoms with Crippen molar-refractivity contribution in [3.05, 3.63) is 63.4 Å². The van der Waals surface area contributed by atoms with Crippen LogP contribution in [0.5, 0.6) is 0 Å². The third-order valence-electron chi connectivity index (χ3n) is 5.08. The smallest absolute Gasteiger partial charge is 0.254 e. The summed E-state index contributed by atoms with van der Waals surface area (Å²) in [5.41, 5.74) is 3.56. The molecule has 150 valence electrons. The molecule has 2 aromatic rings. The van der Waals surface area contributed by atoms with E-state index in [-0.39, 0.29) is 17.5 Å². The molecule has 6 heteroatoms. The summed E-state index contributed by atoms with van der Waals surface area (Å²) in [5, 5.41) is 6.97. The molecule has 0 saturated carbocycles. The third kappa shape index (κ3) is 5.07. The van der Waals surface area contributed by atoms with Crippen LogP contribution in [0.15, 0.2) is 35.2 Å². The van der Waals surface area contributed by atoms with Crippen LogP contribution in [0.4, 0.5) is 4.39 Å². The molecule has 28 heavy (non-hydrogen) atoms. The Labute approximate surface area is 175 Å². The van der Waals surface area contributed by atoms with Crippen molar-refractivity contribution in [1.29, 1.82) is 0 Å². The van der Waals surface area contributed by atoms with Gasteiger partial charge >= 0.3 is 0 Å². The van der Waals surface area contributed by atoms with Crippen molar-refractivity contribution in [3.8, 4) is 0 Å². The van der Waals surface area contributed by atoms with Crippen molar-refractivity contribution in [2.24, 2.45) is 0 Å². The quantitative estimate of drug-likeness (QED) is 0.647. The first-order chi connectivity index (χ1) is 13.5. The predicted molar refractivity (Wildman–Crippen MR) is 115 cm³/mol. The zero-order chi connectivity index (χ0) is 20.1. The maximum absolute atomic E-state index is 14.5. The van der Waals surface area contributed by atoms with Gasteiger partial charge in [-0.15, -0.1) is 11.8 Å². The second kappa shape index (κ2) is 9.77. The molecule has 1 heterocycles. The zero-order valence-electron chi connectivity index (χ0n) is 16.3. The minimum atomic E-state index is -0.485. The van der Waals surface area contributed by atoms with E-state index in [2.05, 4.69) is 16.7 Å². The Morgan fingerprint density at radius 3 is 2.82 bits per heavy atom. The molecule has 0 fully saturated rings. The summed E-state index contributed by atoms with van der Waals surface area (Å²) in [5.74, 6) is -0.246. The van der Waals surface area contributed by atoms with Gasteiger partial charge < -0.3 is 10.6 Å². The van der Waals surface area contributed by atoms with E-state index in [1.165, 1.54) is 17.2 Å². The summed E-state index contributed by atoms with van der Waals surface area (Å²) in [4.78, 5) is 13.3. The summed E-state index contributed by atoms with van der Waals surface area (Å²) >= 11 is 8.11. The number of halogens is 2. The van der Waals surface area contributed by atoms with Crippen molar-refractivity contribution in [2.45, 2.75) is 49.8 Å². The average Bonchev–Trinajstić information content (AvgIpc) is 2.92. The van der Waals surface area contributed by atoms with Gasteiger partial charge in [0.05, 0.1) is 10.6 Å². The highest BCUT2D eigenvalue weighted by Crippen LogP contribution is 2.36. The number of nitrogens with one attached hydrogen (secondary N) is 2. The van der Waals surface area contributed by atoms with E-state index in [9.17, 15) is 9.18 Å². The van der Waals surface area contributed by atoms with Crippen LogP contribution in [0, 0.1) is 5.82 Å². The molecule has 0 unspecified atom stereocenters. The Balaban J connectivity index is 1.74. The molecule has 0 saturated heterocycles. The lowest BCUT2D eigenvalue weighted by atomic mass is 10.0. The fourth-order valence-corrected chi connectivity index (χ4v) is 4.70. The Hall–Kier alpha value is -1.56. The van der Waals surface area contributed by atoms with Gasteiger partial charge in [0.2, 0.25) is 0 Å². The van der Waals surface area contributed by atoms with Gasteiger partial charge in [0.1, 0.15) is 5.82 Å². The zero-order valence-corrected chi connectivity index (χ0v) is 17.9. The van der Waals surface area contributed by atoms with Gasteiger partial charge in [-0.3, -0.25) is 4.79 Å². The van der Waals surface area contributed by atoms with Crippen LogP contribution in [-0.4, -0.2) is 25.0 Å². The van der Waals surface area contributed by atoms with Gasteiger partial charge in [-0.2, -0.15) is 0 Å². The van der Waals surface area contributed by atoms with Gasteiger partial charge in [-0.1, -0.05) is 30.7 Å². The number of benzene rings is 2. The normalized spacial score (nSPS) is 14.9. The number of hydrogen-bond acceptors (Lipinski definition) is 3. The van der Waals surface area contributed by atoms with Crippen LogP contribution in [0.25, 0.3) is 0 Å². The van der Waals surface area contributed by atoms with Crippen LogP contribution in [0.2, 0.25) is 5.02 Å². The molecular weight excluding hydrogens is 395 g/mol. The Bertz CT molecular complexity index is 859. The molecule has 1 atom stereocenters. The lowest BCUT2D eigenvalue weighted by Gasteiger charge is -2.14. The Morgan fingerprint density at radius 1 is 1.29 bits per heavy atom. The van der Waals surface area contributed by atoms with E-state index in [0.717, 1.165) is 47.8 Å². The number of carbonyl (C=O) groups is 1. The molecule has 0 bridgehead atoms. The molecule has 3 nitrogen and oxygen atoms in total. The molecule has 1 aliphatic rings. The molecule has 1 amide bonds. The summed E-state index contributed by atoms with van der Waals surface area (Å²) in [6.07, 6.45) is 2.75. The second-order valence-electron chi connectivity index (χ2n) is 7.15. The molecule has 2 N–H and O–H groups in total. The molecule has 3 rings (SSSR count). The predicted octanol–water partition coefficient (Wildman–Crippen LogP) is 4.99. The van der Waals surface area contributed by atoms with Gasteiger partial charge in [0.15, 0.2) is 0 Å². The van der Waals surface area contributed by atoms with E-state index < -0.39 is 5.82 Å². The van der Waals surface area contributed by atoms with Crippen LogP contribution in [-0.2, 0) is 18.6 Å². The number of thioether (sulfide) groups is 1. The highest BCUT2D eigenvalue weighted by molar-refractivity contribution is 7.98. The fraction of sp³-hybridized carbons (Fsp3) is 0.409. The number of rotatable bonds is 6. The van der Waals surface area contributed by atoms with E-state index >= 15 is 0 Å². The van der Waals surface area contributed by atoms with Crippen LogP contribution < -0.4 is 10.6 Å². The largest absolute Gasteiger partial charge is 0.350 e. The molecule has 0 radical (unpaired) electrons. The maximum atomic E-state index is 14.5.